The first-order valence-electron chi connectivity index (χ1n) is 13.5. The molecule has 2 unspecified atom stereocenters. The number of hydrogen-bond donors (Lipinski definition) is 1. The van der Waals surface area contributed by atoms with Crippen molar-refractivity contribution < 1.29 is 19.0 Å². The fraction of sp³-hybridized carbons (Fsp3) is 0.467. The number of anilines is 1. The Morgan fingerprint density at radius 3 is 2.83 bits per heavy atom. The number of nitrogens with zero attached hydrogens (tertiary/aromatic N) is 5. The van der Waals surface area contributed by atoms with Crippen molar-refractivity contribution in [1.82, 2.24) is 24.4 Å². The second-order valence-corrected chi connectivity index (χ2v) is 10.6. The number of carbonyl (C=O) groups is 1. The standard InChI is InChI=1S/C30H38N6O4/c1-7-23(8-2)39-17-9-10-25-34-26-27(33-22-15-16-35(19-22)29(37)40-30(3,4)5)31-20-32-28(26)36(25)18-21-11-13-24(38-6)14-12-21/h7-8,11-13,20,22,24H,1,14-19H2,2-6H3,(H,31,32,33). The van der Waals surface area contributed by atoms with Crippen LogP contribution in [0.4, 0.5) is 10.6 Å². The lowest BCUT2D eigenvalue weighted by Crippen LogP contribution is -2.36. The molecule has 2 aromatic rings. The van der Waals surface area contributed by atoms with E-state index in [-0.39, 0.29) is 24.8 Å². The first-order valence-corrected chi connectivity index (χ1v) is 13.5. The molecule has 2 aliphatic rings. The van der Waals surface area contributed by atoms with Gasteiger partial charge in [0.05, 0.1) is 12.6 Å². The average Bonchev–Trinajstić information content (AvgIpc) is 3.54. The first-order chi connectivity index (χ1) is 19.2. The number of methoxy groups -OCH3 is 1. The molecule has 0 aromatic carbocycles. The number of fused-ring (bicyclic) bond motifs is 1. The van der Waals surface area contributed by atoms with E-state index in [9.17, 15) is 4.79 Å². The van der Waals surface area contributed by atoms with Crippen LogP contribution in [0, 0.1) is 11.8 Å². The van der Waals surface area contributed by atoms with E-state index in [2.05, 4.69) is 51.9 Å². The molecule has 0 spiro atoms. The SMILES string of the molecule is C=CC(=CC)OCC#Cc1nc2c(NC3CCN(C(=O)OC(C)(C)C)C3)ncnc2n1CC1=CCC(OC)C=C1. The summed E-state index contributed by atoms with van der Waals surface area (Å²) in [6, 6.07) is 0.00632. The van der Waals surface area contributed by atoms with E-state index >= 15 is 0 Å². The molecule has 1 aliphatic carbocycles. The zero-order valence-electron chi connectivity index (χ0n) is 23.9. The lowest BCUT2D eigenvalue weighted by molar-refractivity contribution is 0.0293. The average molecular weight is 547 g/mol. The van der Waals surface area contributed by atoms with Crippen LogP contribution in [0.5, 0.6) is 0 Å². The maximum absolute atomic E-state index is 12.5. The van der Waals surface area contributed by atoms with Crippen molar-refractivity contribution in [2.45, 2.75) is 64.8 Å². The largest absolute Gasteiger partial charge is 0.481 e. The molecule has 0 saturated carbocycles. The molecule has 10 nitrogen and oxygen atoms in total. The third-order valence-corrected chi connectivity index (χ3v) is 6.49. The van der Waals surface area contributed by atoms with Crippen LogP contribution in [0.1, 0.15) is 46.4 Å². The van der Waals surface area contributed by atoms with Gasteiger partial charge in [-0.3, -0.25) is 4.57 Å². The van der Waals surface area contributed by atoms with E-state index in [1.165, 1.54) is 6.33 Å². The van der Waals surface area contributed by atoms with Crippen LogP contribution in [-0.2, 0) is 20.8 Å². The maximum atomic E-state index is 12.5. The topological polar surface area (TPSA) is 104 Å². The van der Waals surface area contributed by atoms with Gasteiger partial charge >= 0.3 is 6.09 Å². The van der Waals surface area contributed by atoms with Gasteiger partial charge in [0.25, 0.3) is 0 Å². The summed E-state index contributed by atoms with van der Waals surface area (Å²) in [4.78, 5) is 28.2. The number of aromatic nitrogens is 4. The second-order valence-electron chi connectivity index (χ2n) is 10.6. The Labute approximate surface area is 235 Å². The summed E-state index contributed by atoms with van der Waals surface area (Å²) in [5, 5.41) is 3.47. The minimum atomic E-state index is -0.537. The number of hydrogen-bond acceptors (Lipinski definition) is 8. The van der Waals surface area contributed by atoms with E-state index in [0.29, 0.717) is 48.2 Å². The Morgan fingerprint density at radius 2 is 2.15 bits per heavy atom. The second kappa shape index (κ2) is 12.8. The number of rotatable bonds is 8. The third kappa shape index (κ3) is 7.30. The number of carbonyl (C=O) groups excluding carboxylic acids is 1. The molecule has 1 aliphatic heterocycles. The van der Waals surface area contributed by atoms with Crippen molar-refractivity contribution in [3.8, 4) is 11.8 Å². The summed E-state index contributed by atoms with van der Waals surface area (Å²) in [5.74, 6) is 8.05. The Balaban J connectivity index is 1.58. The number of nitrogens with one attached hydrogen (secondary N) is 1. The number of imidazole rings is 1. The summed E-state index contributed by atoms with van der Waals surface area (Å²) in [6.45, 7) is 13.1. The molecule has 0 bridgehead atoms. The Bertz CT molecular complexity index is 1390. The van der Waals surface area contributed by atoms with Crippen molar-refractivity contribution >= 4 is 23.1 Å². The molecule has 1 N–H and O–H groups in total. The highest BCUT2D eigenvalue weighted by Gasteiger charge is 2.30. The summed E-state index contributed by atoms with van der Waals surface area (Å²) < 4.78 is 18.6. The van der Waals surface area contributed by atoms with Gasteiger partial charge in [-0.15, -0.1) is 0 Å². The van der Waals surface area contributed by atoms with Gasteiger partial charge < -0.3 is 24.4 Å². The van der Waals surface area contributed by atoms with Gasteiger partial charge in [-0.05, 0) is 64.2 Å². The minimum absolute atomic E-state index is 0.00632. The molecule has 2 atom stereocenters. The zero-order valence-corrected chi connectivity index (χ0v) is 23.9. The van der Waals surface area contributed by atoms with Gasteiger partial charge in [-0.1, -0.05) is 30.7 Å². The summed E-state index contributed by atoms with van der Waals surface area (Å²) >= 11 is 0. The minimum Gasteiger partial charge on any atom is -0.481 e. The molecule has 0 radical (unpaired) electrons. The van der Waals surface area contributed by atoms with Crippen LogP contribution in [-0.4, -0.2) is 75.1 Å². The fourth-order valence-corrected chi connectivity index (χ4v) is 4.47. The maximum Gasteiger partial charge on any atom is 0.410 e. The van der Waals surface area contributed by atoms with E-state index in [0.717, 1.165) is 18.4 Å². The zero-order chi connectivity index (χ0) is 28.7. The lowest BCUT2D eigenvalue weighted by atomic mass is 10.0. The van der Waals surface area contributed by atoms with Crippen molar-refractivity contribution in [2.24, 2.45) is 0 Å². The molecule has 1 saturated heterocycles. The highest BCUT2D eigenvalue weighted by Crippen LogP contribution is 2.25. The van der Waals surface area contributed by atoms with Gasteiger partial charge in [-0.2, -0.15) is 0 Å². The van der Waals surface area contributed by atoms with Gasteiger partial charge in [0.15, 0.2) is 22.8 Å². The summed E-state index contributed by atoms with van der Waals surface area (Å²) in [7, 11) is 1.71. The third-order valence-electron chi connectivity index (χ3n) is 6.49. The monoisotopic (exact) mass is 546 g/mol. The number of ether oxygens (including phenoxy) is 3. The molecular weight excluding hydrogens is 508 g/mol. The predicted octanol–water partition coefficient (Wildman–Crippen LogP) is 4.61. The van der Waals surface area contributed by atoms with Crippen LogP contribution in [0.15, 0.2) is 54.6 Å². The normalized spacial score (nSPS) is 19.2. The molecule has 10 heteroatoms. The molecule has 1 amide bonds. The molecular formula is C30H38N6O4. The van der Waals surface area contributed by atoms with Crippen LogP contribution in [0.3, 0.4) is 0 Å². The van der Waals surface area contributed by atoms with Crippen molar-refractivity contribution in [2.75, 3.05) is 32.1 Å². The Hall–Kier alpha value is -4.10. The fourth-order valence-electron chi connectivity index (χ4n) is 4.47. The van der Waals surface area contributed by atoms with Crippen LogP contribution >= 0.6 is 0 Å². The van der Waals surface area contributed by atoms with Crippen molar-refractivity contribution in [3.05, 3.63) is 60.4 Å². The Morgan fingerprint density at radius 1 is 1.32 bits per heavy atom. The smallest absolute Gasteiger partial charge is 0.410 e. The van der Waals surface area contributed by atoms with Crippen LogP contribution < -0.4 is 5.32 Å². The van der Waals surface area contributed by atoms with Crippen LogP contribution in [0.2, 0.25) is 0 Å². The van der Waals surface area contributed by atoms with E-state index in [4.69, 9.17) is 19.2 Å². The van der Waals surface area contributed by atoms with Gasteiger partial charge in [-0.25, -0.2) is 19.7 Å². The summed E-state index contributed by atoms with van der Waals surface area (Å²) in [5.41, 5.74) is 1.88. The van der Waals surface area contributed by atoms with E-state index < -0.39 is 5.60 Å². The van der Waals surface area contributed by atoms with Crippen LogP contribution in [0.25, 0.3) is 11.2 Å². The molecule has 4 rings (SSSR count). The highest BCUT2D eigenvalue weighted by atomic mass is 16.6. The Kier molecular flexibility index (Phi) is 9.27. The van der Waals surface area contributed by atoms with Gasteiger partial charge in [0, 0.05) is 26.2 Å². The molecule has 1 fully saturated rings. The molecule has 3 heterocycles. The number of amides is 1. The van der Waals surface area contributed by atoms with Gasteiger partial charge in [0.2, 0.25) is 0 Å². The van der Waals surface area contributed by atoms with Crippen molar-refractivity contribution in [1.29, 1.82) is 0 Å². The van der Waals surface area contributed by atoms with Gasteiger partial charge in [0.1, 0.15) is 24.3 Å². The lowest BCUT2D eigenvalue weighted by Gasteiger charge is -2.24. The molecule has 40 heavy (non-hydrogen) atoms. The van der Waals surface area contributed by atoms with E-state index in [1.54, 1.807) is 18.1 Å². The predicted molar refractivity (Wildman–Crippen MR) is 155 cm³/mol. The van der Waals surface area contributed by atoms with E-state index in [1.807, 2.05) is 38.3 Å². The molecule has 212 valence electrons. The first kappa shape index (κ1) is 28.9. The number of allylic oxidation sites excluding steroid dienone is 4. The summed E-state index contributed by atoms with van der Waals surface area (Å²) in [6.07, 6.45) is 12.6. The number of likely N-dealkylation sites (tertiary alicyclic amines) is 1. The highest BCUT2D eigenvalue weighted by molar-refractivity contribution is 5.84. The molecule has 2 aromatic heterocycles. The quantitative estimate of drug-likeness (QED) is 0.291. The van der Waals surface area contributed by atoms with Crippen molar-refractivity contribution in [3.63, 3.8) is 0 Å².